The third-order valence-corrected chi connectivity index (χ3v) is 2.65. The first-order valence-electron chi connectivity index (χ1n) is 5.14. The van der Waals surface area contributed by atoms with Gasteiger partial charge in [-0.25, -0.2) is 4.79 Å². The highest BCUT2D eigenvalue weighted by Gasteiger charge is 2.24. The first kappa shape index (κ1) is 12.3. The summed E-state index contributed by atoms with van der Waals surface area (Å²) in [5, 5.41) is 8.82. The fourth-order valence-corrected chi connectivity index (χ4v) is 1.41. The van der Waals surface area contributed by atoms with Gasteiger partial charge in [-0.1, -0.05) is 0 Å². The van der Waals surface area contributed by atoms with Crippen LogP contribution in [-0.4, -0.2) is 39.5 Å². The topological polar surface area (TPSA) is 62.5 Å². The van der Waals surface area contributed by atoms with Gasteiger partial charge in [0.15, 0.2) is 0 Å². The van der Waals surface area contributed by atoms with Gasteiger partial charge in [0, 0.05) is 19.8 Å². The summed E-state index contributed by atoms with van der Waals surface area (Å²) in [5.74, 6) is -1.28. The minimum Gasteiger partial charge on any atom is -0.480 e. The quantitative estimate of drug-likeness (QED) is 0.831. The third-order valence-electron chi connectivity index (χ3n) is 2.65. The summed E-state index contributed by atoms with van der Waals surface area (Å²) in [5.41, 5.74) is 0.512. The van der Waals surface area contributed by atoms with Crippen LogP contribution < -0.4 is 0 Å². The van der Waals surface area contributed by atoms with Gasteiger partial charge in [0.25, 0.3) is 5.91 Å². The van der Waals surface area contributed by atoms with Gasteiger partial charge in [-0.3, -0.25) is 4.79 Å². The molecule has 0 saturated heterocycles. The summed E-state index contributed by atoms with van der Waals surface area (Å²) in [6.07, 6.45) is 1.80. The summed E-state index contributed by atoms with van der Waals surface area (Å²) in [7, 11) is 1.49. The van der Waals surface area contributed by atoms with Gasteiger partial charge in [0.1, 0.15) is 11.7 Å². The first-order valence-corrected chi connectivity index (χ1v) is 5.14. The van der Waals surface area contributed by atoms with Crippen molar-refractivity contribution in [2.45, 2.75) is 26.4 Å². The molecule has 0 aliphatic heterocycles. The van der Waals surface area contributed by atoms with E-state index in [0.717, 1.165) is 0 Å². The Hall–Kier alpha value is -1.78. The summed E-state index contributed by atoms with van der Waals surface area (Å²) >= 11 is 0. The number of hydrogen-bond acceptors (Lipinski definition) is 2. The Morgan fingerprint density at radius 3 is 2.69 bits per heavy atom. The highest BCUT2D eigenvalue weighted by Crippen LogP contribution is 2.08. The van der Waals surface area contributed by atoms with E-state index in [4.69, 9.17) is 5.11 Å². The molecule has 1 unspecified atom stereocenters. The van der Waals surface area contributed by atoms with Crippen molar-refractivity contribution in [3.63, 3.8) is 0 Å². The van der Waals surface area contributed by atoms with Crippen LogP contribution in [0.4, 0.5) is 0 Å². The minimum absolute atomic E-state index is 0.276. The van der Waals surface area contributed by atoms with E-state index in [-0.39, 0.29) is 5.91 Å². The Kier molecular flexibility index (Phi) is 3.71. The molecule has 1 rings (SSSR count). The van der Waals surface area contributed by atoms with Gasteiger partial charge in [-0.05, 0) is 26.0 Å². The predicted molar refractivity (Wildman–Crippen MR) is 59.3 cm³/mol. The van der Waals surface area contributed by atoms with E-state index >= 15 is 0 Å². The molecule has 0 radical (unpaired) electrons. The van der Waals surface area contributed by atoms with E-state index < -0.39 is 12.0 Å². The number of amides is 1. The van der Waals surface area contributed by atoms with Crippen molar-refractivity contribution in [1.82, 2.24) is 9.47 Å². The fraction of sp³-hybridized carbons (Fsp3) is 0.455. The molecule has 0 spiro atoms. The van der Waals surface area contributed by atoms with Crippen LogP contribution in [0, 0.1) is 0 Å². The average Bonchev–Trinajstić information content (AvgIpc) is 2.73. The number of aliphatic carboxylic acids is 1. The number of aryl methyl sites for hydroxylation is 1. The molecular formula is C11H16N2O3. The molecular weight excluding hydrogens is 208 g/mol. The van der Waals surface area contributed by atoms with E-state index in [0.29, 0.717) is 12.2 Å². The highest BCUT2D eigenvalue weighted by molar-refractivity contribution is 5.95. The zero-order valence-corrected chi connectivity index (χ0v) is 9.67. The van der Waals surface area contributed by atoms with Crippen molar-refractivity contribution in [2.75, 3.05) is 7.05 Å². The summed E-state index contributed by atoms with van der Waals surface area (Å²) < 4.78 is 1.79. The number of nitrogens with zero attached hydrogens (tertiary/aromatic N) is 2. The Morgan fingerprint density at radius 1 is 1.56 bits per heavy atom. The number of carboxylic acid groups (broad SMARTS) is 1. The van der Waals surface area contributed by atoms with Gasteiger partial charge in [0.05, 0.1) is 0 Å². The SMILES string of the molecule is CCn1cccc1C(=O)N(C)C(C)C(=O)O. The van der Waals surface area contributed by atoms with Crippen LogP contribution in [0.2, 0.25) is 0 Å². The molecule has 1 heterocycles. The number of hydrogen-bond donors (Lipinski definition) is 1. The molecule has 1 aromatic rings. The van der Waals surface area contributed by atoms with E-state index in [1.165, 1.54) is 18.9 Å². The van der Waals surface area contributed by atoms with Gasteiger partial charge in [-0.2, -0.15) is 0 Å². The molecule has 0 bridgehead atoms. The maximum atomic E-state index is 12.0. The molecule has 0 aliphatic rings. The van der Waals surface area contributed by atoms with Gasteiger partial charge in [0.2, 0.25) is 0 Å². The largest absolute Gasteiger partial charge is 0.480 e. The van der Waals surface area contributed by atoms with Crippen LogP contribution in [0.1, 0.15) is 24.3 Å². The molecule has 1 atom stereocenters. The predicted octanol–water partition coefficient (Wildman–Crippen LogP) is 1.05. The molecule has 1 amide bonds. The lowest BCUT2D eigenvalue weighted by molar-refractivity contribution is -0.141. The number of aromatic nitrogens is 1. The highest BCUT2D eigenvalue weighted by atomic mass is 16.4. The molecule has 5 nitrogen and oxygen atoms in total. The molecule has 0 aliphatic carbocycles. The Morgan fingerprint density at radius 2 is 2.19 bits per heavy atom. The molecule has 0 saturated carbocycles. The lowest BCUT2D eigenvalue weighted by Crippen LogP contribution is -2.40. The maximum Gasteiger partial charge on any atom is 0.326 e. The summed E-state index contributed by atoms with van der Waals surface area (Å²) in [6, 6.07) is 2.64. The number of carboxylic acids is 1. The van der Waals surface area contributed by atoms with Crippen LogP contribution in [0.25, 0.3) is 0 Å². The molecule has 0 fully saturated rings. The van der Waals surface area contributed by atoms with E-state index in [1.807, 2.05) is 6.92 Å². The van der Waals surface area contributed by atoms with Crippen molar-refractivity contribution in [2.24, 2.45) is 0 Å². The van der Waals surface area contributed by atoms with Crippen molar-refractivity contribution in [1.29, 1.82) is 0 Å². The minimum atomic E-state index is -1.01. The lowest BCUT2D eigenvalue weighted by atomic mass is 10.2. The van der Waals surface area contributed by atoms with Gasteiger partial charge >= 0.3 is 5.97 Å². The average molecular weight is 224 g/mol. The fourth-order valence-electron chi connectivity index (χ4n) is 1.41. The van der Waals surface area contributed by atoms with Gasteiger partial charge < -0.3 is 14.6 Å². The molecule has 1 aromatic heterocycles. The zero-order valence-electron chi connectivity index (χ0n) is 9.67. The lowest BCUT2D eigenvalue weighted by Gasteiger charge is -2.21. The van der Waals surface area contributed by atoms with Crippen LogP contribution in [0.5, 0.6) is 0 Å². The number of likely N-dealkylation sites (N-methyl/N-ethyl adjacent to an activating group) is 1. The molecule has 0 aromatic carbocycles. The van der Waals surface area contributed by atoms with E-state index in [2.05, 4.69) is 0 Å². The molecule has 16 heavy (non-hydrogen) atoms. The summed E-state index contributed by atoms with van der Waals surface area (Å²) in [4.78, 5) is 24.0. The molecule has 88 valence electrons. The van der Waals surface area contributed by atoms with Crippen molar-refractivity contribution in [3.8, 4) is 0 Å². The van der Waals surface area contributed by atoms with E-state index in [1.54, 1.807) is 22.9 Å². The normalized spacial score (nSPS) is 12.2. The summed E-state index contributed by atoms with van der Waals surface area (Å²) in [6.45, 7) is 4.10. The van der Waals surface area contributed by atoms with Crippen LogP contribution in [-0.2, 0) is 11.3 Å². The Balaban J connectivity index is 2.90. The zero-order chi connectivity index (χ0) is 12.3. The van der Waals surface area contributed by atoms with Crippen molar-refractivity contribution < 1.29 is 14.7 Å². The first-order chi connectivity index (χ1) is 7.49. The standard InChI is InChI=1S/C11H16N2O3/c1-4-13-7-5-6-9(13)10(14)12(3)8(2)11(15)16/h5-8H,4H2,1-3H3,(H,15,16). The number of rotatable bonds is 4. The second-order valence-corrected chi connectivity index (χ2v) is 3.61. The second kappa shape index (κ2) is 4.83. The third kappa shape index (κ3) is 2.24. The monoisotopic (exact) mass is 224 g/mol. The molecule has 1 N–H and O–H groups in total. The van der Waals surface area contributed by atoms with E-state index in [9.17, 15) is 9.59 Å². The second-order valence-electron chi connectivity index (χ2n) is 3.61. The van der Waals surface area contributed by atoms with Gasteiger partial charge in [-0.15, -0.1) is 0 Å². The number of carbonyl (C=O) groups is 2. The molecule has 5 heteroatoms. The Bertz CT molecular complexity index is 398. The van der Waals surface area contributed by atoms with Crippen LogP contribution in [0.3, 0.4) is 0 Å². The van der Waals surface area contributed by atoms with Crippen molar-refractivity contribution in [3.05, 3.63) is 24.0 Å². The maximum absolute atomic E-state index is 12.0. The number of carbonyl (C=O) groups excluding carboxylic acids is 1. The van der Waals surface area contributed by atoms with Crippen LogP contribution >= 0.6 is 0 Å². The smallest absolute Gasteiger partial charge is 0.326 e. The Labute approximate surface area is 94.3 Å². The van der Waals surface area contributed by atoms with Crippen molar-refractivity contribution >= 4 is 11.9 Å². The van der Waals surface area contributed by atoms with Crippen LogP contribution in [0.15, 0.2) is 18.3 Å².